The summed E-state index contributed by atoms with van der Waals surface area (Å²) in [5.74, 6) is -0.151. The summed E-state index contributed by atoms with van der Waals surface area (Å²) >= 11 is 0. The first kappa shape index (κ1) is 15.1. The molecule has 0 radical (unpaired) electrons. The number of halogens is 1. The first-order valence-corrected chi connectivity index (χ1v) is 7.67. The number of carbonyl (C=O) groups is 1. The van der Waals surface area contributed by atoms with Gasteiger partial charge in [-0.3, -0.25) is 0 Å². The van der Waals surface area contributed by atoms with Crippen LogP contribution in [0.15, 0.2) is 18.2 Å². The Morgan fingerprint density at radius 2 is 2.32 bits per heavy atom. The monoisotopic (exact) mass is 308 g/mol. The van der Waals surface area contributed by atoms with Crippen LogP contribution >= 0.6 is 0 Å². The molecule has 0 aromatic heterocycles. The lowest BCUT2D eigenvalue weighted by molar-refractivity contribution is 0.0228. The van der Waals surface area contributed by atoms with Crippen molar-refractivity contribution >= 4 is 6.03 Å². The lowest BCUT2D eigenvalue weighted by Crippen LogP contribution is -2.46. The Labute approximate surface area is 129 Å². The molecule has 5 nitrogen and oxygen atoms in total. The van der Waals surface area contributed by atoms with Gasteiger partial charge in [0.1, 0.15) is 0 Å². The van der Waals surface area contributed by atoms with Gasteiger partial charge in [-0.15, -0.1) is 0 Å². The molecule has 1 fully saturated rings. The molecule has 2 heterocycles. The van der Waals surface area contributed by atoms with Crippen molar-refractivity contribution in [2.75, 3.05) is 19.8 Å². The predicted octanol–water partition coefficient (Wildman–Crippen LogP) is 2.52. The smallest absolute Gasteiger partial charge is 0.315 e. The molecule has 0 bridgehead atoms. The number of para-hydroxylation sites is 1. The number of hydrogen-bond donors (Lipinski definition) is 2. The topological polar surface area (TPSA) is 59.6 Å². The van der Waals surface area contributed by atoms with E-state index in [1.165, 1.54) is 6.07 Å². The zero-order valence-corrected chi connectivity index (χ0v) is 12.7. The van der Waals surface area contributed by atoms with Crippen LogP contribution in [-0.2, 0) is 4.74 Å². The molecular weight excluding hydrogens is 287 g/mol. The number of rotatable bonds is 3. The number of ether oxygens (including phenoxy) is 2. The second-order valence-electron chi connectivity index (χ2n) is 6.08. The molecule has 3 rings (SSSR count). The maximum atomic E-state index is 13.7. The summed E-state index contributed by atoms with van der Waals surface area (Å²) in [5, 5.41) is 5.74. The van der Waals surface area contributed by atoms with Gasteiger partial charge in [-0.25, -0.2) is 9.18 Å². The summed E-state index contributed by atoms with van der Waals surface area (Å²) in [4.78, 5) is 12.1. The molecule has 22 heavy (non-hydrogen) atoms. The maximum absolute atomic E-state index is 13.7. The van der Waals surface area contributed by atoms with Gasteiger partial charge < -0.3 is 20.1 Å². The number of benzene rings is 1. The molecule has 2 aliphatic heterocycles. The van der Waals surface area contributed by atoms with Crippen molar-refractivity contribution in [3.63, 3.8) is 0 Å². The molecule has 0 saturated carbocycles. The summed E-state index contributed by atoms with van der Waals surface area (Å²) in [5.41, 5.74) is 0.404. The van der Waals surface area contributed by atoms with E-state index in [1.54, 1.807) is 12.1 Å². The van der Waals surface area contributed by atoms with Crippen LogP contribution in [0.5, 0.6) is 5.75 Å². The summed E-state index contributed by atoms with van der Waals surface area (Å²) in [6.07, 6.45) is 2.59. The van der Waals surface area contributed by atoms with Crippen LogP contribution in [0.4, 0.5) is 9.18 Å². The maximum Gasteiger partial charge on any atom is 0.315 e. The second kappa shape index (κ2) is 6.12. The number of hydrogen-bond acceptors (Lipinski definition) is 3. The minimum Gasteiger partial charge on any atom is -0.490 e. The van der Waals surface area contributed by atoms with E-state index >= 15 is 0 Å². The Balaban J connectivity index is 1.60. The highest BCUT2D eigenvalue weighted by Gasteiger charge is 2.31. The summed E-state index contributed by atoms with van der Waals surface area (Å²) in [6, 6.07) is 4.27. The average Bonchev–Trinajstić information content (AvgIpc) is 2.94. The molecule has 0 aliphatic carbocycles. The Morgan fingerprint density at radius 3 is 3.09 bits per heavy atom. The summed E-state index contributed by atoms with van der Waals surface area (Å²) in [7, 11) is 0. The van der Waals surface area contributed by atoms with Crippen molar-refractivity contribution in [2.24, 2.45) is 0 Å². The van der Waals surface area contributed by atoms with Crippen molar-refractivity contribution in [1.29, 1.82) is 0 Å². The molecule has 1 saturated heterocycles. The van der Waals surface area contributed by atoms with E-state index in [0.717, 1.165) is 19.4 Å². The predicted molar refractivity (Wildman–Crippen MR) is 79.4 cm³/mol. The number of carbonyl (C=O) groups excluding carboxylic acids is 1. The molecule has 6 heteroatoms. The van der Waals surface area contributed by atoms with Crippen molar-refractivity contribution < 1.29 is 18.7 Å². The Morgan fingerprint density at radius 1 is 1.45 bits per heavy atom. The molecule has 2 N–H and O–H groups in total. The number of fused-ring (bicyclic) bond motifs is 1. The van der Waals surface area contributed by atoms with Gasteiger partial charge in [-0.2, -0.15) is 0 Å². The van der Waals surface area contributed by atoms with Crippen molar-refractivity contribution in [3.05, 3.63) is 29.6 Å². The molecule has 2 atom stereocenters. The van der Waals surface area contributed by atoms with Gasteiger partial charge in [0.25, 0.3) is 0 Å². The first-order valence-electron chi connectivity index (χ1n) is 7.67. The van der Waals surface area contributed by atoms with E-state index in [9.17, 15) is 9.18 Å². The zero-order valence-electron chi connectivity index (χ0n) is 12.7. The third-order valence-corrected chi connectivity index (χ3v) is 4.25. The fourth-order valence-electron chi connectivity index (χ4n) is 2.99. The fraction of sp³-hybridized carbons (Fsp3) is 0.562. The van der Waals surface area contributed by atoms with E-state index in [2.05, 4.69) is 10.6 Å². The van der Waals surface area contributed by atoms with Gasteiger partial charge in [-0.05, 0) is 25.8 Å². The van der Waals surface area contributed by atoms with E-state index in [0.29, 0.717) is 25.1 Å². The summed E-state index contributed by atoms with van der Waals surface area (Å²) < 4.78 is 24.7. The van der Waals surface area contributed by atoms with Crippen LogP contribution in [0.1, 0.15) is 37.8 Å². The Hall–Kier alpha value is -1.82. The van der Waals surface area contributed by atoms with E-state index < -0.39 is 5.82 Å². The van der Waals surface area contributed by atoms with Crippen molar-refractivity contribution in [1.82, 2.24) is 10.6 Å². The van der Waals surface area contributed by atoms with Crippen LogP contribution in [0.25, 0.3) is 0 Å². The van der Waals surface area contributed by atoms with Crippen LogP contribution in [0.2, 0.25) is 0 Å². The highest BCUT2D eigenvalue weighted by Crippen LogP contribution is 2.33. The SMILES string of the molecule is C[C@]1(CNC(=O)N[C@H]2CCOc3c(F)cccc32)CCCO1. The largest absolute Gasteiger partial charge is 0.490 e. The molecule has 120 valence electrons. The second-order valence-corrected chi connectivity index (χ2v) is 6.08. The molecule has 2 amide bonds. The lowest BCUT2D eigenvalue weighted by Gasteiger charge is -2.28. The normalized spacial score (nSPS) is 26.9. The van der Waals surface area contributed by atoms with Crippen molar-refractivity contribution in [2.45, 2.75) is 37.8 Å². The third-order valence-electron chi connectivity index (χ3n) is 4.25. The quantitative estimate of drug-likeness (QED) is 0.902. The minimum atomic E-state index is -0.392. The highest BCUT2D eigenvalue weighted by atomic mass is 19.1. The van der Waals surface area contributed by atoms with Crippen LogP contribution in [0.3, 0.4) is 0 Å². The van der Waals surface area contributed by atoms with E-state index in [4.69, 9.17) is 9.47 Å². The van der Waals surface area contributed by atoms with Crippen molar-refractivity contribution in [3.8, 4) is 5.75 Å². The van der Waals surface area contributed by atoms with Crippen LogP contribution in [-0.4, -0.2) is 31.4 Å². The first-order chi connectivity index (χ1) is 10.6. The highest BCUT2D eigenvalue weighted by molar-refractivity contribution is 5.74. The van der Waals surface area contributed by atoms with Crippen LogP contribution < -0.4 is 15.4 Å². The average molecular weight is 308 g/mol. The third kappa shape index (κ3) is 3.16. The minimum absolute atomic E-state index is 0.239. The van der Waals surface area contributed by atoms with Gasteiger partial charge in [0.05, 0.1) is 18.2 Å². The van der Waals surface area contributed by atoms with Gasteiger partial charge in [0.2, 0.25) is 0 Å². The molecule has 0 spiro atoms. The summed E-state index contributed by atoms with van der Waals surface area (Å²) in [6.45, 7) is 3.60. The zero-order chi connectivity index (χ0) is 15.6. The molecule has 1 aromatic rings. The molecule has 0 unspecified atom stereocenters. The number of nitrogens with one attached hydrogen (secondary N) is 2. The fourth-order valence-corrected chi connectivity index (χ4v) is 2.99. The number of urea groups is 1. The molecule has 2 aliphatic rings. The Bertz CT molecular complexity index is 558. The Kier molecular flexibility index (Phi) is 4.20. The lowest BCUT2D eigenvalue weighted by atomic mass is 10.0. The standard InChI is InChI=1S/C16H21FN2O3/c1-16(7-3-8-22-16)10-18-15(20)19-13-6-9-21-14-11(13)4-2-5-12(14)17/h2,4-5,13H,3,6-10H2,1H3,(H2,18,19,20)/t13-,16+/m0/s1. The van der Waals surface area contributed by atoms with Gasteiger partial charge in [0, 0.05) is 25.1 Å². The van der Waals surface area contributed by atoms with E-state index in [1.807, 2.05) is 6.92 Å². The van der Waals surface area contributed by atoms with Gasteiger partial charge >= 0.3 is 6.03 Å². The molecular formula is C16H21FN2O3. The van der Waals surface area contributed by atoms with Gasteiger partial charge in [-0.1, -0.05) is 12.1 Å². The van der Waals surface area contributed by atoms with E-state index in [-0.39, 0.29) is 23.4 Å². The molecule has 1 aromatic carbocycles. The number of amides is 2. The van der Waals surface area contributed by atoms with Gasteiger partial charge in [0.15, 0.2) is 11.6 Å². The van der Waals surface area contributed by atoms with Crippen LogP contribution in [0, 0.1) is 5.82 Å².